The van der Waals surface area contributed by atoms with Gasteiger partial charge in [-0.25, -0.2) is 4.98 Å². The molecular weight excluding hydrogens is 529 g/mol. The smallest absolute Gasteiger partial charge is 0.194 e. The lowest BCUT2D eigenvalue weighted by molar-refractivity contribution is 0.311. The molecule has 2 aliphatic rings. The molecule has 3 heterocycles. The van der Waals surface area contributed by atoms with Crippen LogP contribution < -0.4 is 19.9 Å². The van der Waals surface area contributed by atoms with Gasteiger partial charge in [0.25, 0.3) is 0 Å². The van der Waals surface area contributed by atoms with Gasteiger partial charge in [-0.3, -0.25) is 4.99 Å². The lowest BCUT2D eigenvalue weighted by Crippen LogP contribution is -2.52. The quantitative estimate of drug-likeness (QED) is 0.340. The van der Waals surface area contributed by atoms with E-state index in [-0.39, 0.29) is 24.0 Å². The van der Waals surface area contributed by atoms with Crippen LogP contribution in [0.15, 0.2) is 47.6 Å². The Morgan fingerprint density at radius 1 is 1.00 bits per heavy atom. The molecule has 9 heteroatoms. The number of likely N-dealkylation sites (N-methyl/N-ethyl adjacent to an activating group) is 1. The van der Waals surface area contributed by atoms with E-state index in [4.69, 9.17) is 9.72 Å². The van der Waals surface area contributed by atoms with E-state index in [1.54, 1.807) is 7.11 Å². The zero-order chi connectivity index (χ0) is 22.3. The van der Waals surface area contributed by atoms with E-state index in [2.05, 4.69) is 55.2 Å². The highest BCUT2D eigenvalue weighted by Gasteiger charge is 2.21. The van der Waals surface area contributed by atoms with Crippen LogP contribution >= 0.6 is 24.0 Å². The van der Waals surface area contributed by atoms with Crippen LogP contribution in [0.3, 0.4) is 0 Å². The number of hydrogen-bond acceptors (Lipinski definition) is 6. The average molecular weight is 566 g/mol. The number of aromatic nitrogens is 1. The molecule has 0 aliphatic carbocycles. The Bertz CT molecular complexity index is 909. The molecule has 0 radical (unpaired) electrons. The molecule has 2 saturated heterocycles. The predicted molar refractivity (Wildman–Crippen MR) is 146 cm³/mol. The zero-order valence-corrected chi connectivity index (χ0v) is 22.2. The summed E-state index contributed by atoms with van der Waals surface area (Å²) in [5.41, 5.74) is 2.42. The molecular formula is C24H36IN7O. The summed E-state index contributed by atoms with van der Waals surface area (Å²) < 4.78 is 5.38. The Kier molecular flexibility index (Phi) is 9.42. The first kappa shape index (κ1) is 25.4. The third-order valence-corrected chi connectivity index (χ3v) is 6.32. The maximum atomic E-state index is 5.38. The van der Waals surface area contributed by atoms with Crippen LogP contribution in [-0.2, 0) is 6.54 Å². The summed E-state index contributed by atoms with van der Waals surface area (Å²) in [5, 5.41) is 3.58. The Hall–Kier alpha value is -2.27. The van der Waals surface area contributed by atoms with Crippen molar-refractivity contribution in [3.63, 3.8) is 0 Å². The third-order valence-electron chi connectivity index (χ3n) is 6.32. The van der Waals surface area contributed by atoms with Crippen molar-refractivity contribution in [2.24, 2.45) is 4.99 Å². The normalized spacial score (nSPS) is 17.5. The number of nitrogens with zero attached hydrogens (tertiary/aromatic N) is 6. The maximum absolute atomic E-state index is 5.38. The summed E-state index contributed by atoms with van der Waals surface area (Å²) in [6, 6.07) is 12.5. The number of ether oxygens (including phenoxy) is 1. The molecule has 1 aromatic carbocycles. The second-order valence-corrected chi connectivity index (χ2v) is 8.35. The fourth-order valence-corrected chi connectivity index (χ4v) is 4.36. The summed E-state index contributed by atoms with van der Waals surface area (Å²) >= 11 is 0. The van der Waals surface area contributed by atoms with Crippen LogP contribution in [0.5, 0.6) is 5.75 Å². The monoisotopic (exact) mass is 565 g/mol. The standard InChI is InChI=1S/C24H35N7O.HI/c1-25-24(31-16-14-29(15-17-31)21-7-4-8-22(18-21)32-3)27-19-20-6-5-9-26-23(20)30-12-10-28(2)11-13-30;/h4-9,18H,10-17,19H2,1-3H3,(H,25,27);1H. The molecule has 1 N–H and O–H groups in total. The molecule has 0 bridgehead atoms. The number of methoxy groups -OCH3 is 1. The highest BCUT2D eigenvalue weighted by atomic mass is 127. The van der Waals surface area contributed by atoms with Gasteiger partial charge in [-0.2, -0.15) is 0 Å². The number of halogens is 1. The van der Waals surface area contributed by atoms with Crippen LogP contribution in [-0.4, -0.2) is 94.3 Å². The topological polar surface area (TPSA) is 59.5 Å². The molecule has 33 heavy (non-hydrogen) atoms. The number of rotatable bonds is 5. The Balaban J connectivity index is 0.00000306. The van der Waals surface area contributed by atoms with Crippen molar-refractivity contribution in [3.8, 4) is 5.75 Å². The minimum absolute atomic E-state index is 0. The zero-order valence-electron chi connectivity index (χ0n) is 19.9. The van der Waals surface area contributed by atoms with Gasteiger partial charge in [0.15, 0.2) is 5.96 Å². The van der Waals surface area contributed by atoms with Crippen molar-refractivity contribution in [3.05, 3.63) is 48.2 Å². The summed E-state index contributed by atoms with van der Waals surface area (Å²) in [6.45, 7) is 8.65. The molecule has 0 unspecified atom stereocenters. The van der Waals surface area contributed by atoms with E-state index in [9.17, 15) is 0 Å². The van der Waals surface area contributed by atoms with Crippen LogP contribution in [0.25, 0.3) is 0 Å². The highest BCUT2D eigenvalue weighted by molar-refractivity contribution is 14.0. The van der Waals surface area contributed by atoms with Gasteiger partial charge in [-0.15, -0.1) is 24.0 Å². The van der Waals surface area contributed by atoms with Crippen molar-refractivity contribution in [1.82, 2.24) is 20.1 Å². The predicted octanol–water partition coefficient (Wildman–Crippen LogP) is 2.36. The van der Waals surface area contributed by atoms with Gasteiger partial charge >= 0.3 is 0 Å². The molecule has 0 spiro atoms. The number of pyridine rings is 1. The maximum Gasteiger partial charge on any atom is 0.194 e. The average Bonchev–Trinajstić information content (AvgIpc) is 2.85. The first-order chi connectivity index (χ1) is 15.7. The Labute approximate surface area is 214 Å². The number of piperazine rings is 2. The first-order valence-electron chi connectivity index (χ1n) is 11.4. The van der Waals surface area contributed by atoms with Crippen molar-refractivity contribution in [1.29, 1.82) is 0 Å². The highest BCUT2D eigenvalue weighted by Crippen LogP contribution is 2.22. The van der Waals surface area contributed by atoms with Crippen LogP contribution in [0, 0.1) is 0 Å². The van der Waals surface area contributed by atoms with Gasteiger partial charge in [0.05, 0.1) is 7.11 Å². The molecule has 180 valence electrons. The summed E-state index contributed by atoms with van der Waals surface area (Å²) in [4.78, 5) is 18.8. The van der Waals surface area contributed by atoms with E-state index in [1.165, 1.54) is 11.3 Å². The number of benzene rings is 1. The molecule has 8 nitrogen and oxygen atoms in total. The molecule has 4 rings (SSSR count). The number of guanidine groups is 1. The van der Waals surface area contributed by atoms with E-state index >= 15 is 0 Å². The van der Waals surface area contributed by atoms with Gasteiger partial charge in [-0.05, 0) is 25.2 Å². The van der Waals surface area contributed by atoms with Crippen molar-refractivity contribution < 1.29 is 4.74 Å². The number of hydrogen-bond donors (Lipinski definition) is 1. The van der Waals surface area contributed by atoms with Crippen LogP contribution in [0.1, 0.15) is 5.56 Å². The SMILES string of the molecule is CN=C(NCc1cccnc1N1CCN(C)CC1)N1CCN(c2cccc(OC)c2)CC1.I. The number of anilines is 2. The van der Waals surface area contributed by atoms with E-state index < -0.39 is 0 Å². The van der Waals surface area contributed by atoms with E-state index in [1.807, 2.05) is 31.4 Å². The van der Waals surface area contributed by atoms with Gasteiger partial charge in [0.2, 0.25) is 0 Å². The molecule has 2 fully saturated rings. The molecule has 0 amide bonds. The second kappa shape index (κ2) is 12.3. The van der Waals surface area contributed by atoms with Gasteiger partial charge in [0.1, 0.15) is 11.6 Å². The Morgan fingerprint density at radius 3 is 2.42 bits per heavy atom. The number of aliphatic imine (C=N–C) groups is 1. The van der Waals surface area contributed by atoms with Gasteiger partial charge in [-0.1, -0.05) is 12.1 Å². The fraction of sp³-hybridized carbons (Fsp3) is 0.500. The molecule has 2 aliphatic heterocycles. The van der Waals surface area contributed by atoms with Crippen molar-refractivity contribution in [2.45, 2.75) is 6.54 Å². The molecule has 2 aromatic rings. The molecule has 1 aromatic heterocycles. The van der Waals surface area contributed by atoms with Crippen molar-refractivity contribution >= 4 is 41.4 Å². The van der Waals surface area contributed by atoms with Crippen LogP contribution in [0.2, 0.25) is 0 Å². The van der Waals surface area contributed by atoms with E-state index in [0.717, 1.165) is 76.4 Å². The van der Waals surface area contributed by atoms with Crippen molar-refractivity contribution in [2.75, 3.05) is 83.4 Å². The first-order valence-corrected chi connectivity index (χ1v) is 11.4. The minimum Gasteiger partial charge on any atom is -0.497 e. The lowest BCUT2D eigenvalue weighted by atomic mass is 10.2. The summed E-state index contributed by atoms with van der Waals surface area (Å²) in [6.07, 6.45) is 1.89. The fourth-order valence-electron chi connectivity index (χ4n) is 4.36. The summed E-state index contributed by atoms with van der Waals surface area (Å²) in [7, 11) is 5.75. The van der Waals surface area contributed by atoms with Crippen LogP contribution in [0.4, 0.5) is 11.5 Å². The molecule has 0 atom stereocenters. The third kappa shape index (κ3) is 6.41. The second-order valence-electron chi connectivity index (χ2n) is 8.35. The minimum atomic E-state index is 0. The largest absolute Gasteiger partial charge is 0.497 e. The van der Waals surface area contributed by atoms with Gasteiger partial charge < -0.3 is 29.7 Å². The van der Waals surface area contributed by atoms with E-state index in [0.29, 0.717) is 0 Å². The lowest BCUT2D eigenvalue weighted by Gasteiger charge is -2.38. The van der Waals surface area contributed by atoms with Gasteiger partial charge in [0, 0.05) is 89.5 Å². The molecule has 0 saturated carbocycles. The number of nitrogens with one attached hydrogen (secondary N) is 1. The summed E-state index contributed by atoms with van der Waals surface area (Å²) in [5.74, 6) is 2.94. The Morgan fingerprint density at radius 2 is 1.73 bits per heavy atom.